The number of aryl methyl sites for hydroxylation is 1. The quantitative estimate of drug-likeness (QED) is 0.909. The van der Waals surface area contributed by atoms with Gasteiger partial charge in [-0.1, -0.05) is 0 Å². The van der Waals surface area contributed by atoms with Gasteiger partial charge in [0.05, 0.1) is 6.04 Å². The minimum Gasteiger partial charge on any atom is -0.362 e. The summed E-state index contributed by atoms with van der Waals surface area (Å²) in [5.41, 5.74) is 0.255. The maximum atomic E-state index is 12.4. The molecule has 1 aliphatic carbocycles. The topological polar surface area (TPSA) is 37.8 Å². The average Bonchev–Trinajstić information content (AvgIpc) is 2.88. The van der Waals surface area contributed by atoms with Crippen LogP contribution in [0.1, 0.15) is 35.0 Å². The van der Waals surface area contributed by atoms with Gasteiger partial charge in [0, 0.05) is 4.88 Å². The third kappa shape index (κ3) is 2.63. The van der Waals surface area contributed by atoms with Crippen LogP contribution in [0.3, 0.4) is 0 Å². The number of halogens is 3. The molecule has 0 bridgehead atoms. The molecule has 0 radical (unpaired) electrons. The van der Waals surface area contributed by atoms with Crippen molar-refractivity contribution in [3.05, 3.63) is 39.7 Å². The van der Waals surface area contributed by atoms with Crippen molar-refractivity contribution in [1.29, 1.82) is 0 Å². The zero-order valence-corrected chi connectivity index (χ0v) is 11.3. The van der Waals surface area contributed by atoms with Crippen LogP contribution in [-0.2, 0) is 12.6 Å². The summed E-state index contributed by atoms with van der Waals surface area (Å²) in [5, 5.41) is 12.1. The lowest BCUT2D eigenvalue weighted by Crippen LogP contribution is -2.17. The van der Waals surface area contributed by atoms with Gasteiger partial charge in [-0.05, 0) is 48.4 Å². The van der Waals surface area contributed by atoms with Crippen molar-refractivity contribution in [2.45, 2.75) is 31.5 Å². The Hall–Kier alpha value is -1.63. The molecule has 0 amide bonds. The summed E-state index contributed by atoms with van der Waals surface area (Å²) in [4.78, 5) is 1.34. The maximum Gasteiger partial charge on any atom is 0.435 e. The fourth-order valence-corrected chi connectivity index (χ4v) is 3.36. The average molecular weight is 299 g/mol. The number of alkyl halides is 3. The van der Waals surface area contributed by atoms with Crippen LogP contribution in [0.2, 0.25) is 0 Å². The third-order valence-corrected chi connectivity index (χ3v) is 4.33. The molecule has 1 aliphatic rings. The molecule has 1 atom stereocenters. The summed E-state index contributed by atoms with van der Waals surface area (Å²) in [6.07, 6.45) is -1.35. The van der Waals surface area contributed by atoms with Crippen molar-refractivity contribution in [3.8, 4) is 0 Å². The SMILES string of the molecule is FC(F)(F)c1ccc(NC2CCCc3sccc32)nn1. The number of fused-ring (bicyclic) bond motifs is 1. The summed E-state index contributed by atoms with van der Waals surface area (Å²) < 4.78 is 37.2. The second-order valence-electron chi connectivity index (χ2n) is 4.69. The van der Waals surface area contributed by atoms with Crippen LogP contribution < -0.4 is 5.32 Å². The summed E-state index contributed by atoms with van der Waals surface area (Å²) >= 11 is 1.72. The lowest BCUT2D eigenvalue weighted by atomic mass is 9.94. The third-order valence-electron chi connectivity index (χ3n) is 3.33. The van der Waals surface area contributed by atoms with Crippen LogP contribution in [0.4, 0.5) is 19.0 Å². The molecule has 20 heavy (non-hydrogen) atoms. The largest absolute Gasteiger partial charge is 0.435 e. The Morgan fingerprint density at radius 3 is 2.75 bits per heavy atom. The highest BCUT2D eigenvalue weighted by atomic mass is 32.1. The fourth-order valence-electron chi connectivity index (χ4n) is 2.38. The van der Waals surface area contributed by atoms with Gasteiger partial charge in [0.2, 0.25) is 0 Å². The highest BCUT2D eigenvalue weighted by Gasteiger charge is 2.33. The van der Waals surface area contributed by atoms with E-state index in [1.54, 1.807) is 11.3 Å². The minimum atomic E-state index is -4.45. The highest BCUT2D eigenvalue weighted by Crippen LogP contribution is 2.35. The second kappa shape index (κ2) is 5.05. The fraction of sp³-hybridized carbons (Fsp3) is 0.385. The Morgan fingerprint density at radius 2 is 2.05 bits per heavy atom. The molecule has 2 heterocycles. The molecule has 0 aliphatic heterocycles. The van der Waals surface area contributed by atoms with Crippen molar-refractivity contribution in [2.24, 2.45) is 0 Å². The Kier molecular flexibility index (Phi) is 3.37. The van der Waals surface area contributed by atoms with E-state index in [-0.39, 0.29) is 6.04 Å². The molecule has 0 saturated heterocycles. The van der Waals surface area contributed by atoms with Crippen molar-refractivity contribution >= 4 is 17.2 Å². The number of anilines is 1. The van der Waals surface area contributed by atoms with E-state index in [1.165, 1.54) is 16.5 Å². The first-order valence-corrected chi connectivity index (χ1v) is 7.16. The number of nitrogens with one attached hydrogen (secondary N) is 1. The van der Waals surface area contributed by atoms with E-state index in [9.17, 15) is 13.2 Å². The molecule has 0 spiro atoms. The minimum absolute atomic E-state index is 0.107. The molecule has 7 heteroatoms. The normalized spacial score (nSPS) is 18.6. The first-order chi connectivity index (χ1) is 9.54. The van der Waals surface area contributed by atoms with Gasteiger partial charge in [-0.2, -0.15) is 13.2 Å². The summed E-state index contributed by atoms with van der Waals surface area (Å²) in [7, 11) is 0. The van der Waals surface area contributed by atoms with Gasteiger partial charge in [-0.15, -0.1) is 21.5 Å². The zero-order chi connectivity index (χ0) is 14.2. The van der Waals surface area contributed by atoms with Crippen LogP contribution in [0, 0.1) is 0 Å². The summed E-state index contributed by atoms with van der Waals surface area (Å²) in [6, 6.07) is 4.45. The van der Waals surface area contributed by atoms with E-state index in [1.807, 2.05) is 5.38 Å². The van der Waals surface area contributed by atoms with E-state index in [2.05, 4.69) is 21.6 Å². The van der Waals surface area contributed by atoms with Crippen LogP contribution in [-0.4, -0.2) is 10.2 Å². The first-order valence-electron chi connectivity index (χ1n) is 6.28. The van der Waals surface area contributed by atoms with E-state index in [0.717, 1.165) is 25.3 Å². The first kappa shape index (κ1) is 13.4. The predicted octanol–water partition coefficient (Wildman–Crippen LogP) is 4.05. The number of rotatable bonds is 2. The van der Waals surface area contributed by atoms with E-state index >= 15 is 0 Å². The van der Waals surface area contributed by atoms with Crippen molar-refractivity contribution in [3.63, 3.8) is 0 Å². The molecule has 3 rings (SSSR count). The van der Waals surface area contributed by atoms with Crippen LogP contribution >= 0.6 is 11.3 Å². The zero-order valence-electron chi connectivity index (χ0n) is 10.4. The lowest BCUT2D eigenvalue weighted by molar-refractivity contribution is -0.141. The smallest absolute Gasteiger partial charge is 0.362 e. The number of aromatic nitrogens is 2. The monoisotopic (exact) mass is 299 g/mol. The van der Waals surface area contributed by atoms with Crippen molar-refractivity contribution < 1.29 is 13.2 Å². The van der Waals surface area contributed by atoms with E-state index in [0.29, 0.717) is 5.82 Å². The molecule has 0 aromatic carbocycles. The maximum absolute atomic E-state index is 12.4. The Labute approximate surface area is 117 Å². The molecule has 2 aromatic rings. The lowest BCUT2D eigenvalue weighted by Gasteiger charge is -2.24. The predicted molar refractivity (Wildman–Crippen MR) is 70.7 cm³/mol. The van der Waals surface area contributed by atoms with Gasteiger partial charge in [-0.3, -0.25) is 0 Å². The Morgan fingerprint density at radius 1 is 1.20 bits per heavy atom. The van der Waals surface area contributed by atoms with Gasteiger partial charge in [0.1, 0.15) is 5.82 Å². The van der Waals surface area contributed by atoms with Gasteiger partial charge >= 0.3 is 6.18 Å². The van der Waals surface area contributed by atoms with Gasteiger partial charge in [0.15, 0.2) is 5.69 Å². The molecular formula is C13H12F3N3S. The molecule has 0 fully saturated rings. The molecule has 106 valence electrons. The van der Waals surface area contributed by atoms with E-state index in [4.69, 9.17) is 0 Å². The van der Waals surface area contributed by atoms with Crippen LogP contribution in [0.5, 0.6) is 0 Å². The molecule has 3 nitrogen and oxygen atoms in total. The number of hydrogen-bond acceptors (Lipinski definition) is 4. The van der Waals surface area contributed by atoms with Gasteiger partial charge < -0.3 is 5.32 Å². The van der Waals surface area contributed by atoms with Gasteiger partial charge in [0.25, 0.3) is 0 Å². The standard InChI is InChI=1S/C13H12F3N3S/c14-13(15,16)11-4-5-12(19-18-11)17-9-2-1-3-10-8(9)6-7-20-10/h4-7,9H,1-3H2,(H,17,19). The number of hydrogen-bond donors (Lipinski definition) is 1. The summed E-state index contributed by atoms with van der Waals surface area (Å²) in [6.45, 7) is 0. The van der Waals surface area contributed by atoms with E-state index < -0.39 is 11.9 Å². The van der Waals surface area contributed by atoms with Crippen LogP contribution in [0.15, 0.2) is 23.6 Å². The highest BCUT2D eigenvalue weighted by molar-refractivity contribution is 7.10. The van der Waals surface area contributed by atoms with Crippen LogP contribution in [0.25, 0.3) is 0 Å². The Bertz CT molecular complexity index is 592. The van der Waals surface area contributed by atoms with Crippen molar-refractivity contribution in [1.82, 2.24) is 10.2 Å². The molecule has 1 N–H and O–H groups in total. The summed E-state index contributed by atoms with van der Waals surface area (Å²) in [5.74, 6) is 0.377. The number of thiophene rings is 1. The molecule has 1 unspecified atom stereocenters. The molecular weight excluding hydrogens is 287 g/mol. The second-order valence-corrected chi connectivity index (χ2v) is 5.69. The van der Waals surface area contributed by atoms with Crippen molar-refractivity contribution in [2.75, 3.05) is 5.32 Å². The molecule has 0 saturated carbocycles. The molecule has 2 aromatic heterocycles. The van der Waals surface area contributed by atoms with Gasteiger partial charge in [-0.25, -0.2) is 0 Å². The number of nitrogens with zero attached hydrogens (tertiary/aromatic N) is 2. The Balaban J connectivity index is 1.77.